The molecule has 0 heterocycles. The third-order valence-electron chi connectivity index (χ3n) is 3.41. The number of hydrogen-bond donors (Lipinski definition) is 5. The van der Waals surface area contributed by atoms with E-state index < -0.39 is 14.6 Å². The minimum absolute atomic E-state index is 0.109. The molecule has 7 heteroatoms. The first-order valence-electron chi connectivity index (χ1n) is 7.61. The monoisotopic (exact) mass is 360 g/mol. The van der Waals surface area contributed by atoms with Crippen LogP contribution in [-0.2, 0) is 22.0 Å². The van der Waals surface area contributed by atoms with Gasteiger partial charge in [-0.3, -0.25) is 4.79 Å². The number of rotatable bonds is 3. The predicted molar refractivity (Wildman–Crippen MR) is 95.0 cm³/mol. The molecule has 0 amide bonds. The molecular weight excluding hydrogens is 331 g/mol. The topological polar surface area (TPSA) is 118 Å². The second-order valence-electron chi connectivity index (χ2n) is 7.70. The average molecular weight is 360 g/mol. The zero-order valence-electron chi connectivity index (χ0n) is 15.2. The molecule has 6 nitrogen and oxygen atoms in total. The maximum atomic E-state index is 10.8. The third-order valence-corrected chi connectivity index (χ3v) is 3.41. The summed E-state index contributed by atoms with van der Waals surface area (Å²) in [5, 5.41) is 19.4. The van der Waals surface area contributed by atoms with Gasteiger partial charge in [0.05, 0.1) is 0 Å². The Morgan fingerprint density at radius 3 is 1.54 bits per heavy atom. The molecule has 0 atom stereocenters. The van der Waals surface area contributed by atoms with Crippen LogP contribution in [-0.4, -0.2) is 30.9 Å². The van der Waals surface area contributed by atoms with E-state index >= 15 is 0 Å². The van der Waals surface area contributed by atoms with Crippen LogP contribution >= 0.6 is 8.60 Å². The summed E-state index contributed by atoms with van der Waals surface area (Å²) in [5.41, 5.74) is 2.38. The molecule has 0 aliphatic carbocycles. The molecule has 24 heavy (non-hydrogen) atoms. The van der Waals surface area contributed by atoms with Crippen molar-refractivity contribution in [2.24, 2.45) is 0 Å². The highest BCUT2D eigenvalue weighted by atomic mass is 31.2. The van der Waals surface area contributed by atoms with E-state index in [2.05, 4.69) is 41.5 Å². The summed E-state index contributed by atoms with van der Waals surface area (Å²) in [5.74, 6) is -0.461. The van der Waals surface area contributed by atoms with Crippen molar-refractivity contribution in [3.8, 4) is 5.75 Å². The fourth-order valence-electron chi connectivity index (χ4n) is 2.23. The molecule has 0 radical (unpaired) electrons. The summed E-state index contributed by atoms with van der Waals surface area (Å²) in [6.07, 6.45) is 0.597. The summed E-state index contributed by atoms with van der Waals surface area (Å²) >= 11 is 0. The molecule has 5 N–H and O–H groups in total. The molecule has 0 aliphatic heterocycles. The van der Waals surface area contributed by atoms with E-state index in [4.69, 9.17) is 19.8 Å². The number of hydrogen-bond acceptors (Lipinski definition) is 5. The van der Waals surface area contributed by atoms with Gasteiger partial charge in [0, 0.05) is 6.42 Å². The number of aryl methyl sites for hydroxylation is 1. The molecule has 0 spiro atoms. The first-order chi connectivity index (χ1) is 10.7. The maximum Gasteiger partial charge on any atom is 0.324 e. The second kappa shape index (κ2) is 8.77. The zero-order valence-corrected chi connectivity index (χ0v) is 16.1. The Bertz CT molecular complexity index is 517. The molecule has 0 unspecified atom stereocenters. The Balaban J connectivity index is 0.00000118. The normalized spacial score (nSPS) is 11.9. The molecule has 138 valence electrons. The van der Waals surface area contributed by atoms with Crippen molar-refractivity contribution in [3.05, 3.63) is 28.8 Å². The van der Waals surface area contributed by atoms with Crippen molar-refractivity contribution in [2.75, 3.05) is 0 Å². The van der Waals surface area contributed by atoms with Crippen LogP contribution in [0.25, 0.3) is 0 Å². The van der Waals surface area contributed by atoms with E-state index in [1.807, 2.05) is 12.1 Å². The Kier molecular flexibility index (Phi) is 8.33. The molecule has 1 aromatic carbocycles. The van der Waals surface area contributed by atoms with Gasteiger partial charge in [-0.2, -0.15) is 0 Å². The van der Waals surface area contributed by atoms with Crippen LogP contribution < -0.4 is 0 Å². The highest BCUT2D eigenvalue weighted by Crippen LogP contribution is 2.39. The van der Waals surface area contributed by atoms with E-state index in [9.17, 15) is 9.90 Å². The van der Waals surface area contributed by atoms with E-state index in [1.165, 1.54) is 0 Å². The van der Waals surface area contributed by atoms with Crippen molar-refractivity contribution < 1.29 is 29.7 Å². The molecule has 1 aromatic rings. The van der Waals surface area contributed by atoms with E-state index in [-0.39, 0.29) is 17.3 Å². The van der Waals surface area contributed by atoms with Crippen molar-refractivity contribution >= 4 is 14.6 Å². The summed E-state index contributed by atoms with van der Waals surface area (Å²) in [6, 6.07) is 3.88. The Morgan fingerprint density at radius 1 is 0.958 bits per heavy atom. The summed E-state index contributed by atoms with van der Waals surface area (Å²) in [7, 11) is -2.62. The minimum atomic E-state index is -2.62. The zero-order chi connectivity index (χ0) is 19.3. The smallest absolute Gasteiger partial charge is 0.324 e. The molecular formula is C17H29O6P. The standard InChI is InChI=1S/C17H26O3.H3O3P/c1-16(2,3)12-9-11(7-8-14(18)19)10-13(15(12)20)17(4,5)6;1-4(2)3/h9-10,20H,7-8H2,1-6H3,(H,18,19);1-3H. The minimum Gasteiger partial charge on any atom is -0.507 e. The number of phenols is 1. The molecule has 0 saturated heterocycles. The number of carboxylic acid groups (broad SMARTS) is 1. The Labute approximate surface area is 144 Å². The van der Waals surface area contributed by atoms with Gasteiger partial charge >= 0.3 is 14.6 Å². The second-order valence-corrected chi connectivity index (χ2v) is 8.24. The molecule has 0 bridgehead atoms. The summed E-state index contributed by atoms with van der Waals surface area (Å²) in [6.45, 7) is 12.3. The lowest BCUT2D eigenvalue weighted by Crippen LogP contribution is -2.18. The molecule has 0 aromatic heterocycles. The number of aliphatic carboxylic acids is 1. The number of phenolic OH excluding ortho intramolecular Hbond substituents is 1. The average Bonchev–Trinajstić information content (AvgIpc) is 2.33. The van der Waals surface area contributed by atoms with Gasteiger partial charge in [0.1, 0.15) is 5.75 Å². The number of benzene rings is 1. The third kappa shape index (κ3) is 8.06. The van der Waals surface area contributed by atoms with Crippen LogP contribution in [0.15, 0.2) is 12.1 Å². The first kappa shape index (κ1) is 22.8. The molecule has 0 aliphatic rings. The lowest BCUT2D eigenvalue weighted by atomic mass is 9.78. The highest BCUT2D eigenvalue weighted by molar-refractivity contribution is 7.38. The fourth-order valence-corrected chi connectivity index (χ4v) is 2.23. The quantitative estimate of drug-likeness (QED) is 0.528. The van der Waals surface area contributed by atoms with Crippen LogP contribution in [0.2, 0.25) is 0 Å². The van der Waals surface area contributed by atoms with Crippen LogP contribution in [0, 0.1) is 0 Å². The van der Waals surface area contributed by atoms with E-state index in [1.54, 1.807) is 0 Å². The largest absolute Gasteiger partial charge is 0.507 e. The van der Waals surface area contributed by atoms with Crippen LogP contribution in [0.4, 0.5) is 0 Å². The van der Waals surface area contributed by atoms with Gasteiger partial charge in [-0.25, -0.2) is 0 Å². The van der Waals surface area contributed by atoms with Gasteiger partial charge in [0.2, 0.25) is 0 Å². The Morgan fingerprint density at radius 2 is 1.29 bits per heavy atom. The van der Waals surface area contributed by atoms with Gasteiger partial charge in [0.15, 0.2) is 0 Å². The van der Waals surface area contributed by atoms with Crippen LogP contribution in [0.1, 0.15) is 64.7 Å². The molecule has 1 rings (SSSR count). The van der Waals surface area contributed by atoms with E-state index in [0.717, 1.165) is 16.7 Å². The van der Waals surface area contributed by atoms with Crippen molar-refractivity contribution in [1.29, 1.82) is 0 Å². The summed E-state index contributed by atoms with van der Waals surface area (Å²) < 4.78 is 0. The van der Waals surface area contributed by atoms with Crippen molar-refractivity contribution in [3.63, 3.8) is 0 Å². The number of aromatic hydroxyl groups is 1. The molecule has 0 fully saturated rings. The van der Waals surface area contributed by atoms with Crippen molar-refractivity contribution in [1.82, 2.24) is 0 Å². The van der Waals surface area contributed by atoms with Gasteiger partial charge < -0.3 is 24.9 Å². The maximum absolute atomic E-state index is 10.8. The highest BCUT2D eigenvalue weighted by Gasteiger charge is 2.26. The van der Waals surface area contributed by atoms with Gasteiger partial charge in [-0.1, -0.05) is 53.7 Å². The summed E-state index contributed by atoms with van der Waals surface area (Å²) in [4.78, 5) is 32.4. The predicted octanol–water partition coefficient (Wildman–Crippen LogP) is 3.19. The van der Waals surface area contributed by atoms with Crippen LogP contribution in [0.3, 0.4) is 0 Å². The van der Waals surface area contributed by atoms with Gasteiger partial charge in [-0.05, 0) is 33.9 Å². The van der Waals surface area contributed by atoms with Gasteiger partial charge in [0.25, 0.3) is 0 Å². The van der Waals surface area contributed by atoms with E-state index in [0.29, 0.717) is 12.2 Å². The number of carboxylic acids is 1. The van der Waals surface area contributed by atoms with Crippen LogP contribution in [0.5, 0.6) is 5.75 Å². The first-order valence-corrected chi connectivity index (χ1v) is 8.81. The lowest BCUT2D eigenvalue weighted by molar-refractivity contribution is -0.136. The lowest BCUT2D eigenvalue weighted by Gasteiger charge is -2.28. The van der Waals surface area contributed by atoms with Gasteiger partial charge in [-0.15, -0.1) is 0 Å². The van der Waals surface area contributed by atoms with Crippen molar-refractivity contribution in [2.45, 2.75) is 65.2 Å². The SMILES string of the molecule is CC(C)(C)c1cc(CCC(=O)O)cc(C(C)(C)C)c1O.OP(O)O. The number of carbonyl (C=O) groups is 1. The Hall–Kier alpha value is -1.20. The molecule has 0 saturated carbocycles. The fraction of sp³-hybridized carbons (Fsp3) is 0.588.